The van der Waals surface area contributed by atoms with Gasteiger partial charge in [-0.15, -0.1) is 0 Å². The molecule has 2 aromatic rings. The monoisotopic (exact) mass is 472 g/mol. The number of fused-ring (bicyclic) bond motifs is 1. The van der Waals surface area contributed by atoms with Crippen LogP contribution in [0.2, 0.25) is 0 Å². The molecule has 4 heterocycles. The number of aromatic nitrogens is 2. The summed E-state index contributed by atoms with van der Waals surface area (Å²) in [5, 5.41) is 4.05. The molecule has 0 unspecified atom stereocenters. The van der Waals surface area contributed by atoms with Gasteiger partial charge >= 0.3 is 0 Å². The molecule has 1 amide bonds. The zero-order valence-corrected chi connectivity index (χ0v) is 19.1. The van der Waals surface area contributed by atoms with Crippen LogP contribution >= 0.6 is 11.8 Å². The van der Waals surface area contributed by atoms with Crippen molar-refractivity contribution in [1.29, 1.82) is 0 Å². The number of sulfone groups is 1. The van der Waals surface area contributed by atoms with E-state index in [0.29, 0.717) is 25.5 Å². The summed E-state index contributed by atoms with van der Waals surface area (Å²) in [6.45, 7) is 2.76. The van der Waals surface area contributed by atoms with Gasteiger partial charge in [-0.1, -0.05) is 23.9 Å². The lowest BCUT2D eigenvalue weighted by atomic mass is 10.1. The summed E-state index contributed by atoms with van der Waals surface area (Å²) in [4.78, 5) is 29.8. The zero-order chi connectivity index (χ0) is 22.1. The van der Waals surface area contributed by atoms with Crippen molar-refractivity contribution in [3.8, 4) is 0 Å². The molecule has 1 aromatic heterocycles. The summed E-state index contributed by atoms with van der Waals surface area (Å²) >= 11 is 1.50. The Bertz CT molecular complexity index is 1120. The molecule has 0 saturated carbocycles. The first-order valence-electron chi connectivity index (χ1n) is 10.6. The minimum absolute atomic E-state index is 0.0216. The van der Waals surface area contributed by atoms with E-state index in [2.05, 4.69) is 25.2 Å². The quantitative estimate of drug-likeness (QED) is 0.704. The summed E-state index contributed by atoms with van der Waals surface area (Å²) in [7, 11) is -2.95. The number of nitrogens with one attached hydrogen (secondary N) is 1. The summed E-state index contributed by atoms with van der Waals surface area (Å²) < 4.78 is 23.4. The highest BCUT2D eigenvalue weighted by atomic mass is 32.2. The second kappa shape index (κ2) is 8.70. The van der Waals surface area contributed by atoms with Crippen molar-refractivity contribution in [2.75, 3.05) is 47.9 Å². The number of amidine groups is 1. The average Bonchev–Trinajstić information content (AvgIpc) is 3.28. The number of nitrogens with zero attached hydrogens (tertiary/aromatic N) is 5. The number of thioether (sulfide) groups is 1. The lowest BCUT2D eigenvalue weighted by Gasteiger charge is -2.34. The molecule has 3 aliphatic heterocycles. The van der Waals surface area contributed by atoms with Gasteiger partial charge in [0, 0.05) is 49.5 Å². The van der Waals surface area contributed by atoms with E-state index in [1.54, 1.807) is 18.5 Å². The van der Waals surface area contributed by atoms with Gasteiger partial charge in [-0.2, -0.15) is 0 Å². The first-order valence-corrected chi connectivity index (χ1v) is 13.3. The zero-order valence-electron chi connectivity index (χ0n) is 17.4. The van der Waals surface area contributed by atoms with Crippen LogP contribution in [0.1, 0.15) is 5.56 Å². The van der Waals surface area contributed by atoms with Crippen molar-refractivity contribution in [3.63, 3.8) is 0 Å². The van der Waals surface area contributed by atoms with Crippen molar-refractivity contribution in [2.45, 2.75) is 17.7 Å². The van der Waals surface area contributed by atoms with Crippen molar-refractivity contribution < 1.29 is 13.2 Å². The lowest BCUT2D eigenvalue weighted by Crippen LogP contribution is -2.49. The molecule has 32 heavy (non-hydrogen) atoms. The van der Waals surface area contributed by atoms with Crippen LogP contribution in [-0.2, 0) is 21.1 Å². The van der Waals surface area contributed by atoms with Crippen LogP contribution in [0, 0.1) is 0 Å². The maximum atomic E-state index is 12.7. The van der Waals surface area contributed by atoms with Gasteiger partial charge in [0.05, 0.1) is 24.0 Å². The molecule has 11 heteroatoms. The second-order valence-corrected chi connectivity index (χ2v) is 11.5. The van der Waals surface area contributed by atoms with E-state index in [1.165, 1.54) is 11.8 Å². The van der Waals surface area contributed by atoms with Crippen LogP contribution in [0.3, 0.4) is 0 Å². The Labute approximate surface area is 191 Å². The number of carbonyl (C=O) groups is 1. The fourth-order valence-corrected chi connectivity index (χ4v) is 7.82. The Morgan fingerprint density at radius 3 is 2.47 bits per heavy atom. The van der Waals surface area contributed by atoms with Crippen molar-refractivity contribution in [2.24, 2.45) is 4.99 Å². The Morgan fingerprint density at radius 2 is 1.78 bits per heavy atom. The Hall–Kier alpha value is -2.66. The largest absolute Gasteiger partial charge is 0.339 e. The number of benzene rings is 1. The molecule has 2 saturated heterocycles. The highest BCUT2D eigenvalue weighted by Crippen LogP contribution is 2.34. The van der Waals surface area contributed by atoms with Crippen molar-refractivity contribution in [1.82, 2.24) is 14.9 Å². The van der Waals surface area contributed by atoms with Crippen LogP contribution in [0.25, 0.3) is 0 Å². The summed E-state index contributed by atoms with van der Waals surface area (Å²) in [5.74, 6) is 1.16. The van der Waals surface area contributed by atoms with Gasteiger partial charge in [-0.05, 0) is 23.8 Å². The van der Waals surface area contributed by atoms with Crippen molar-refractivity contribution >= 4 is 44.3 Å². The molecule has 0 aliphatic carbocycles. The summed E-state index contributed by atoms with van der Waals surface area (Å²) in [5.41, 5.74) is 1.84. The van der Waals surface area contributed by atoms with Gasteiger partial charge in [0.15, 0.2) is 15.0 Å². The standard InChI is InChI=1S/C21H24N6O3S2/c28-19(26-8-10-27(11-9-26)20-22-6-1-7-23-20)12-15-2-4-16(5-3-15)24-21-25-17-13-32(29,30)14-18(17)31-21/h1-7,17-18H,8-14H2,(H,24,25)/t17-,18-/m0/s1. The molecule has 2 fully saturated rings. The third-order valence-electron chi connectivity index (χ3n) is 5.85. The smallest absolute Gasteiger partial charge is 0.227 e. The van der Waals surface area contributed by atoms with Gasteiger partial charge in [0.2, 0.25) is 11.9 Å². The first kappa shape index (κ1) is 21.2. The molecular weight excluding hydrogens is 448 g/mol. The Kier molecular flexibility index (Phi) is 5.76. The fourth-order valence-electron chi connectivity index (χ4n) is 4.14. The van der Waals surface area contributed by atoms with Gasteiger partial charge in [0.1, 0.15) is 0 Å². The van der Waals surface area contributed by atoms with Crippen LogP contribution in [0.15, 0.2) is 47.7 Å². The van der Waals surface area contributed by atoms with Gasteiger partial charge < -0.3 is 15.1 Å². The maximum absolute atomic E-state index is 12.7. The number of rotatable bonds is 4. The lowest BCUT2D eigenvalue weighted by molar-refractivity contribution is -0.130. The molecule has 9 nitrogen and oxygen atoms in total. The molecule has 1 aromatic carbocycles. The topological polar surface area (TPSA) is 108 Å². The molecule has 1 N–H and O–H groups in total. The van der Waals surface area contributed by atoms with E-state index < -0.39 is 9.84 Å². The summed E-state index contributed by atoms with van der Waals surface area (Å²) in [6.07, 6.45) is 3.82. The molecule has 2 atom stereocenters. The predicted molar refractivity (Wildman–Crippen MR) is 126 cm³/mol. The fraction of sp³-hybridized carbons (Fsp3) is 0.429. The van der Waals surface area contributed by atoms with Gasteiger partial charge in [0.25, 0.3) is 0 Å². The molecular formula is C21H24N6O3S2. The Morgan fingerprint density at radius 1 is 1.06 bits per heavy atom. The van der Waals surface area contributed by atoms with E-state index >= 15 is 0 Å². The average molecular weight is 473 g/mol. The summed E-state index contributed by atoms with van der Waals surface area (Å²) in [6, 6.07) is 9.40. The minimum Gasteiger partial charge on any atom is -0.339 e. The molecule has 0 spiro atoms. The van der Waals surface area contributed by atoms with E-state index in [1.807, 2.05) is 29.2 Å². The van der Waals surface area contributed by atoms with Crippen LogP contribution < -0.4 is 10.2 Å². The first-order chi connectivity index (χ1) is 15.4. The van der Waals surface area contributed by atoms with E-state index in [4.69, 9.17) is 0 Å². The molecule has 168 valence electrons. The number of amides is 1. The normalized spacial score (nSPS) is 24.2. The van der Waals surface area contributed by atoms with Crippen LogP contribution in [0.5, 0.6) is 0 Å². The SMILES string of the molecule is O=C(Cc1ccc(NC2=N[C@H]3CS(=O)(=O)C[C@@H]3S2)cc1)N1CCN(c2ncccn2)CC1. The molecule has 3 aliphatic rings. The number of anilines is 2. The molecule has 5 rings (SSSR count). The predicted octanol–water partition coefficient (Wildman–Crippen LogP) is 1.05. The van der Waals surface area contributed by atoms with Crippen LogP contribution in [0.4, 0.5) is 11.6 Å². The highest BCUT2D eigenvalue weighted by Gasteiger charge is 2.42. The van der Waals surface area contributed by atoms with Gasteiger partial charge in [-0.3, -0.25) is 9.79 Å². The van der Waals surface area contributed by atoms with Crippen LogP contribution in [-0.4, -0.2) is 83.3 Å². The van der Waals surface area contributed by atoms with Gasteiger partial charge in [-0.25, -0.2) is 18.4 Å². The molecule has 0 bridgehead atoms. The van der Waals surface area contributed by atoms with E-state index in [0.717, 1.165) is 29.5 Å². The second-order valence-electron chi connectivity index (χ2n) is 8.15. The number of aliphatic imine (C=N–C) groups is 1. The number of piperazine rings is 1. The van der Waals surface area contributed by atoms with E-state index in [9.17, 15) is 13.2 Å². The number of hydrogen-bond donors (Lipinski definition) is 1. The highest BCUT2D eigenvalue weighted by molar-refractivity contribution is 8.15. The third-order valence-corrected chi connectivity index (χ3v) is 8.99. The molecule has 0 radical (unpaired) electrons. The number of hydrogen-bond acceptors (Lipinski definition) is 9. The van der Waals surface area contributed by atoms with Crippen molar-refractivity contribution in [3.05, 3.63) is 48.3 Å². The third kappa shape index (κ3) is 4.73. The maximum Gasteiger partial charge on any atom is 0.227 e. The Balaban J connectivity index is 1.12. The minimum atomic E-state index is -2.95. The number of carbonyl (C=O) groups excluding carboxylic acids is 1. The van der Waals surface area contributed by atoms with E-state index in [-0.39, 0.29) is 28.7 Å².